The third-order valence-electron chi connectivity index (χ3n) is 6.11. The van der Waals surface area contributed by atoms with Crippen molar-refractivity contribution in [2.45, 2.75) is 46.1 Å². The molecule has 1 aliphatic rings. The Labute approximate surface area is 180 Å². The Morgan fingerprint density at radius 1 is 1.27 bits per heavy atom. The van der Waals surface area contributed by atoms with Crippen LogP contribution < -0.4 is 5.32 Å². The fourth-order valence-electron chi connectivity index (χ4n) is 3.78. The molecular weight excluding hydrogens is 396 g/mol. The Morgan fingerprint density at radius 3 is 2.90 bits per heavy atom. The lowest BCUT2D eigenvalue weighted by molar-refractivity contribution is -0.139. The number of hydrogen-bond donors (Lipinski definition) is 1. The summed E-state index contributed by atoms with van der Waals surface area (Å²) in [4.78, 5) is 33.5. The van der Waals surface area contributed by atoms with E-state index in [0.29, 0.717) is 17.3 Å². The van der Waals surface area contributed by atoms with Gasteiger partial charge in [0.1, 0.15) is 5.65 Å². The van der Waals surface area contributed by atoms with Crippen LogP contribution in [-0.2, 0) is 11.3 Å². The Balaban J connectivity index is 1.35. The van der Waals surface area contributed by atoms with Gasteiger partial charge < -0.3 is 14.6 Å². The molecule has 0 spiro atoms. The summed E-state index contributed by atoms with van der Waals surface area (Å²) in [7, 11) is 0. The highest BCUT2D eigenvalue weighted by molar-refractivity contribution is 7.14. The SMILES string of the molecule is CCC(C)(C)C(=O)N1CCC(c2ccc(C(=O)NCc3ccn4ccnc4c3)s2)C1. The summed E-state index contributed by atoms with van der Waals surface area (Å²) >= 11 is 1.54. The van der Waals surface area contributed by atoms with E-state index in [9.17, 15) is 9.59 Å². The molecule has 0 aromatic carbocycles. The molecule has 1 atom stereocenters. The van der Waals surface area contributed by atoms with Crippen LogP contribution in [0.4, 0.5) is 0 Å². The number of imidazole rings is 1. The topological polar surface area (TPSA) is 66.7 Å². The number of aromatic nitrogens is 2. The lowest BCUT2D eigenvalue weighted by atomic mass is 9.88. The molecule has 158 valence electrons. The van der Waals surface area contributed by atoms with Gasteiger partial charge in [0.25, 0.3) is 5.91 Å². The highest BCUT2D eigenvalue weighted by Crippen LogP contribution is 2.35. The highest BCUT2D eigenvalue weighted by Gasteiger charge is 2.35. The van der Waals surface area contributed by atoms with E-state index in [1.54, 1.807) is 6.20 Å². The van der Waals surface area contributed by atoms with E-state index in [1.165, 1.54) is 16.2 Å². The summed E-state index contributed by atoms with van der Waals surface area (Å²) in [6.07, 6.45) is 7.39. The molecule has 4 rings (SSSR count). The van der Waals surface area contributed by atoms with Crippen molar-refractivity contribution in [3.05, 3.63) is 58.2 Å². The Hall–Kier alpha value is -2.67. The van der Waals surface area contributed by atoms with Crippen molar-refractivity contribution in [1.82, 2.24) is 19.6 Å². The Bertz CT molecular complexity index is 1070. The minimum Gasteiger partial charge on any atom is -0.347 e. The summed E-state index contributed by atoms with van der Waals surface area (Å²) in [5.41, 5.74) is 1.57. The second kappa shape index (κ2) is 8.22. The third-order valence-corrected chi connectivity index (χ3v) is 7.35. The third kappa shape index (κ3) is 4.12. The van der Waals surface area contributed by atoms with Crippen molar-refractivity contribution in [2.75, 3.05) is 13.1 Å². The van der Waals surface area contributed by atoms with Gasteiger partial charge in [-0.25, -0.2) is 4.98 Å². The smallest absolute Gasteiger partial charge is 0.261 e. The van der Waals surface area contributed by atoms with Gasteiger partial charge in [0, 0.05) is 54.4 Å². The zero-order valence-electron chi connectivity index (χ0n) is 17.7. The second-order valence-corrected chi connectivity index (χ2v) is 9.70. The summed E-state index contributed by atoms with van der Waals surface area (Å²) < 4.78 is 1.94. The van der Waals surface area contributed by atoms with Gasteiger partial charge in [0.2, 0.25) is 5.91 Å². The van der Waals surface area contributed by atoms with Gasteiger partial charge in [-0.3, -0.25) is 9.59 Å². The largest absolute Gasteiger partial charge is 0.347 e. The van der Waals surface area contributed by atoms with Crippen LogP contribution in [0.15, 0.2) is 42.9 Å². The molecule has 0 saturated carbocycles. The Morgan fingerprint density at radius 2 is 2.10 bits per heavy atom. The summed E-state index contributed by atoms with van der Waals surface area (Å²) in [5.74, 6) is 0.486. The predicted molar refractivity (Wildman–Crippen MR) is 119 cm³/mol. The number of amides is 2. The number of hydrogen-bond acceptors (Lipinski definition) is 4. The van der Waals surface area contributed by atoms with Gasteiger partial charge in [0.05, 0.1) is 4.88 Å². The minimum absolute atomic E-state index is 0.0625. The number of pyridine rings is 1. The molecule has 1 saturated heterocycles. The van der Waals surface area contributed by atoms with Crippen LogP contribution in [0.5, 0.6) is 0 Å². The number of carbonyl (C=O) groups excluding carboxylic acids is 2. The quantitative estimate of drug-likeness (QED) is 0.648. The molecule has 30 heavy (non-hydrogen) atoms. The first-order chi connectivity index (χ1) is 14.4. The van der Waals surface area contributed by atoms with Crippen LogP contribution >= 0.6 is 11.3 Å². The van der Waals surface area contributed by atoms with E-state index in [-0.39, 0.29) is 17.2 Å². The summed E-state index contributed by atoms with van der Waals surface area (Å²) in [6, 6.07) is 7.89. The van der Waals surface area contributed by atoms with E-state index in [0.717, 1.165) is 37.1 Å². The number of nitrogens with one attached hydrogen (secondary N) is 1. The average molecular weight is 425 g/mol. The number of fused-ring (bicyclic) bond motifs is 1. The normalized spacial score (nSPS) is 16.9. The van der Waals surface area contributed by atoms with Crippen molar-refractivity contribution in [3.8, 4) is 0 Å². The van der Waals surface area contributed by atoms with Crippen LogP contribution in [0, 0.1) is 5.41 Å². The molecule has 0 aliphatic carbocycles. The molecule has 1 N–H and O–H groups in total. The molecule has 3 aromatic heterocycles. The molecule has 7 heteroatoms. The minimum atomic E-state index is -0.311. The maximum absolute atomic E-state index is 12.7. The highest BCUT2D eigenvalue weighted by atomic mass is 32.1. The van der Waals surface area contributed by atoms with E-state index >= 15 is 0 Å². The summed E-state index contributed by atoms with van der Waals surface area (Å²) in [5, 5.41) is 3.00. The first kappa shape index (κ1) is 20.6. The van der Waals surface area contributed by atoms with Crippen molar-refractivity contribution in [2.24, 2.45) is 5.41 Å². The number of nitrogens with zero attached hydrogens (tertiary/aromatic N) is 3. The van der Waals surface area contributed by atoms with Gasteiger partial charge in [-0.2, -0.15) is 0 Å². The molecule has 0 bridgehead atoms. The Kier molecular flexibility index (Phi) is 5.64. The van der Waals surface area contributed by atoms with Gasteiger partial charge in [-0.05, 0) is 42.7 Å². The fraction of sp³-hybridized carbons (Fsp3) is 0.435. The van der Waals surface area contributed by atoms with Crippen molar-refractivity contribution in [3.63, 3.8) is 0 Å². The van der Waals surface area contributed by atoms with Crippen molar-refractivity contribution in [1.29, 1.82) is 0 Å². The van der Waals surface area contributed by atoms with Crippen LogP contribution in [0.2, 0.25) is 0 Å². The molecule has 2 amide bonds. The van der Waals surface area contributed by atoms with Gasteiger partial charge >= 0.3 is 0 Å². The molecule has 1 unspecified atom stereocenters. The van der Waals surface area contributed by atoms with Crippen LogP contribution in [0.3, 0.4) is 0 Å². The standard InChI is InChI=1S/C23H28N4O2S/c1-4-23(2,3)22(29)27-11-8-17(15-27)18-5-6-19(30-18)21(28)25-14-16-7-10-26-12-9-24-20(26)13-16/h5-7,9-10,12-13,17H,4,8,11,14-15H2,1-3H3,(H,25,28). The van der Waals surface area contributed by atoms with Gasteiger partial charge in [0.15, 0.2) is 0 Å². The van der Waals surface area contributed by atoms with Crippen LogP contribution in [-0.4, -0.2) is 39.2 Å². The average Bonchev–Trinajstić information content (AvgIpc) is 3.50. The predicted octanol–water partition coefficient (Wildman–Crippen LogP) is 4.08. The molecule has 1 fully saturated rings. The number of likely N-dealkylation sites (tertiary alicyclic amines) is 1. The van der Waals surface area contributed by atoms with Crippen LogP contribution in [0.25, 0.3) is 5.65 Å². The zero-order valence-corrected chi connectivity index (χ0v) is 18.5. The van der Waals surface area contributed by atoms with Crippen molar-refractivity contribution < 1.29 is 9.59 Å². The van der Waals surface area contributed by atoms with Gasteiger partial charge in [-0.1, -0.05) is 20.8 Å². The molecule has 0 radical (unpaired) electrons. The monoisotopic (exact) mass is 424 g/mol. The number of thiophene rings is 1. The second-order valence-electron chi connectivity index (χ2n) is 8.59. The first-order valence-corrected chi connectivity index (χ1v) is 11.3. The van der Waals surface area contributed by atoms with E-state index < -0.39 is 0 Å². The maximum atomic E-state index is 12.7. The first-order valence-electron chi connectivity index (χ1n) is 10.5. The van der Waals surface area contributed by atoms with Crippen LogP contribution in [0.1, 0.15) is 59.6 Å². The number of carbonyl (C=O) groups is 2. The maximum Gasteiger partial charge on any atom is 0.261 e. The van der Waals surface area contributed by atoms with E-state index in [4.69, 9.17) is 0 Å². The lowest BCUT2D eigenvalue weighted by Crippen LogP contribution is -2.39. The lowest BCUT2D eigenvalue weighted by Gasteiger charge is -2.28. The van der Waals surface area contributed by atoms with Crippen molar-refractivity contribution >= 4 is 28.8 Å². The number of rotatable bonds is 6. The molecule has 6 nitrogen and oxygen atoms in total. The van der Waals surface area contributed by atoms with E-state index in [1.807, 2.05) is 59.8 Å². The molecule has 4 heterocycles. The fourth-order valence-corrected chi connectivity index (χ4v) is 4.83. The van der Waals surface area contributed by atoms with Gasteiger partial charge in [-0.15, -0.1) is 11.3 Å². The summed E-state index contributed by atoms with van der Waals surface area (Å²) in [6.45, 7) is 8.09. The zero-order chi connectivity index (χ0) is 21.3. The molecule has 1 aliphatic heterocycles. The van der Waals surface area contributed by atoms with E-state index in [2.05, 4.69) is 17.2 Å². The molecule has 3 aromatic rings. The molecular formula is C23H28N4O2S.